The number of piperazine rings is 1. The van der Waals surface area contributed by atoms with Crippen LogP contribution in [-0.2, 0) is 4.79 Å². The molecule has 0 aliphatic carbocycles. The van der Waals surface area contributed by atoms with Crippen molar-refractivity contribution in [3.8, 4) is 0 Å². The second-order valence-corrected chi connectivity index (χ2v) is 8.40. The minimum atomic E-state index is -0.126. The lowest BCUT2D eigenvalue weighted by Gasteiger charge is -2.39. The summed E-state index contributed by atoms with van der Waals surface area (Å²) >= 11 is 5.86. The van der Waals surface area contributed by atoms with Crippen LogP contribution < -0.4 is 10.6 Å². The van der Waals surface area contributed by atoms with Crippen molar-refractivity contribution in [3.63, 3.8) is 0 Å². The zero-order valence-electron chi connectivity index (χ0n) is 18.4. The summed E-state index contributed by atoms with van der Waals surface area (Å²) < 4.78 is 0. The van der Waals surface area contributed by atoms with Crippen LogP contribution in [0, 0.1) is 0 Å². The summed E-state index contributed by atoms with van der Waals surface area (Å²) in [6.45, 7) is 8.17. The van der Waals surface area contributed by atoms with Crippen LogP contribution in [0.15, 0.2) is 29.3 Å². The Balaban J connectivity index is 1.38. The van der Waals surface area contributed by atoms with Gasteiger partial charge in [-0.15, -0.1) is 0 Å². The van der Waals surface area contributed by atoms with Crippen molar-refractivity contribution in [2.75, 3.05) is 59.4 Å². The first kappa shape index (κ1) is 23.3. The molecular formula is C22H33ClN6O2. The summed E-state index contributed by atoms with van der Waals surface area (Å²) in [7, 11) is 1.76. The van der Waals surface area contributed by atoms with Crippen molar-refractivity contribution in [3.05, 3.63) is 34.9 Å². The van der Waals surface area contributed by atoms with Gasteiger partial charge in [-0.05, 0) is 44.0 Å². The first-order valence-corrected chi connectivity index (χ1v) is 11.4. The van der Waals surface area contributed by atoms with E-state index in [2.05, 4.69) is 25.4 Å². The molecule has 2 amide bonds. The van der Waals surface area contributed by atoms with E-state index in [0.717, 1.165) is 58.1 Å². The average molecular weight is 449 g/mol. The lowest BCUT2D eigenvalue weighted by atomic mass is 10.2. The molecule has 2 N–H and O–H groups in total. The maximum Gasteiger partial charge on any atom is 0.251 e. The number of carbonyl (C=O) groups is 2. The molecule has 1 atom stereocenters. The SMILES string of the molecule is CN=C(NCCNC(=O)c1ccc(Cl)cc1)N1CCN(C(C)C(=O)N2CCCC2)CC1. The van der Waals surface area contributed by atoms with Crippen LogP contribution in [0.5, 0.6) is 0 Å². The molecule has 0 aromatic heterocycles. The third kappa shape index (κ3) is 6.33. The maximum atomic E-state index is 12.7. The molecule has 2 saturated heterocycles. The molecule has 1 unspecified atom stereocenters. The van der Waals surface area contributed by atoms with Crippen LogP contribution in [0.4, 0.5) is 0 Å². The van der Waals surface area contributed by atoms with Gasteiger partial charge in [0, 0.05) is 70.0 Å². The van der Waals surface area contributed by atoms with Crippen LogP contribution in [0.3, 0.4) is 0 Å². The Morgan fingerprint density at radius 2 is 1.58 bits per heavy atom. The number of carbonyl (C=O) groups excluding carboxylic acids is 2. The summed E-state index contributed by atoms with van der Waals surface area (Å²) in [5.74, 6) is 0.947. The molecule has 2 heterocycles. The molecule has 0 spiro atoms. The van der Waals surface area contributed by atoms with Crippen molar-refractivity contribution in [1.29, 1.82) is 0 Å². The van der Waals surface area contributed by atoms with E-state index in [-0.39, 0.29) is 17.9 Å². The Bertz CT molecular complexity index is 771. The van der Waals surface area contributed by atoms with Crippen molar-refractivity contribution in [1.82, 2.24) is 25.3 Å². The second-order valence-electron chi connectivity index (χ2n) is 7.97. The molecule has 170 valence electrons. The monoisotopic (exact) mass is 448 g/mol. The van der Waals surface area contributed by atoms with Crippen molar-refractivity contribution in [2.24, 2.45) is 4.99 Å². The van der Waals surface area contributed by atoms with E-state index in [0.29, 0.717) is 23.7 Å². The van der Waals surface area contributed by atoms with Crippen LogP contribution in [0.1, 0.15) is 30.1 Å². The highest BCUT2D eigenvalue weighted by atomic mass is 35.5. The largest absolute Gasteiger partial charge is 0.354 e. The van der Waals surface area contributed by atoms with Gasteiger partial charge in [0.2, 0.25) is 5.91 Å². The normalized spacial score (nSPS) is 18.7. The van der Waals surface area contributed by atoms with Gasteiger partial charge in [0.25, 0.3) is 5.91 Å². The highest BCUT2D eigenvalue weighted by Gasteiger charge is 2.30. The molecule has 31 heavy (non-hydrogen) atoms. The zero-order chi connectivity index (χ0) is 22.2. The number of hydrogen-bond donors (Lipinski definition) is 2. The van der Waals surface area contributed by atoms with Gasteiger partial charge in [-0.2, -0.15) is 0 Å². The van der Waals surface area contributed by atoms with Gasteiger partial charge < -0.3 is 20.4 Å². The van der Waals surface area contributed by atoms with Crippen molar-refractivity contribution in [2.45, 2.75) is 25.8 Å². The fraction of sp³-hybridized carbons (Fsp3) is 0.591. The first-order chi connectivity index (χ1) is 15.0. The Labute approximate surface area is 189 Å². The number of benzene rings is 1. The van der Waals surface area contributed by atoms with E-state index < -0.39 is 0 Å². The number of likely N-dealkylation sites (tertiary alicyclic amines) is 1. The molecule has 3 rings (SSSR count). The van der Waals surface area contributed by atoms with Crippen LogP contribution in [-0.4, -0.2) is 97.9 Å². The summed E-state index contributed by atoms with van der Waals surface area (Å²) in [5.41, 5.74) is 0.586. The lowest BCUT2D eigenvalue weighted by molar-refractivity contribution is -0.135. The quantitative estimate of drug-likeness (QED) is 0.389. The van der Waals surface area contributed by atoms with E-state index in [1.54, 1.807) is 31.3 Å². The minimum absolute atomic E-state index is 0.0710. The van der Waals surface area contributed by atoms with Gasteiger partial charge in [-0.25, -0.2) is 0 Å². The van der Waals surface area contributed by atoms with Crippen molar-refractivity contribution >= 4 is 29.4 Å². The lowest BCUT2D eigenvalue weighted by Crippen LogP contribution is -2.57. The summed E-state index contributed by atoms with van der Waals surface area (Å²) in [5, 5.41) is 6.81. The van der Waals surface area contributed by atoms with E-state index in [4.69, 9.17) is 11.6 Å². The molecule has 0 saturated carbocycles. The summed E-state index contributed by atoms with van der Waals surface area (Å²) in [6.07, 6.45) is 2.24. The molecule has 0 radical (unpaired) electrons. The molecular weight excluding hydrogens is 416 g/mol. The smallest absolute Gasteiger partial charge is 0.251 e. The van der Waals surface area contributed by atoms with Gasteiger partial charge in [0.05, 0.1) is 6.04 Å². The third-order valence-electron chi connectivity index (χ3n) is 5.95. The first-order valence-electron chi connectivity index (χ1n) is 11.0. The molecule has 1 aromatic rings. The van der Waals surface area contributed by atoms with Gasteiger partial charge in [-0.3, -0.25) is 19.5 Å². The van der Waals surface area contributed by atoms with Crippen LogP contribution >= 0.6 is 11.6 Å². The molecule has 1 aromatic carbocycles. The predicted molar refractivity (Wildman–Crippen MR) is 124 cm³/mol. The maximum absolute atomic E-state index is 12.7. The van der Waals surface area contributed by atoms with Gasteiger partial charge >= 0.3 is 0 Å². The minimum Gasteiger partial charge on any atom is -0.354 e. The third-order valence-corrected chi connectivity index (χ3v) is 6.20. The molecule has 8 nitrogen and oxygen atoms in total. The standard InChI is InChI=1S/C22H33ClN6O2/c1-17(21(31)28-11-3-4-12-28)27-13-15-29(16-14-27)22(24-2)26-10-9-25-20(30)18-5-7-19(23)8-6-18/h5-8,17H,3-4,9-16H2,1-2H3,(H,24,26)(H,25,30). The average Bonchev–Trinajstić information content (AvgIpc) is 3.34. The molecule has 0 bridgehead atoms. The number of amides is 2. The zero-order valence-corrected chi connectivity index (χ0v) is 19.2. The number of nitrogens with zero attached hydrogens (tertiary/aromatic N) is 4. The van der Waals surface area contributed by atoms with E-state index in [1.165, 1.54) is 0 Å². The topological polar surface area (TPSA) is 80.3 Å². The Kier molecular flexibility index (Phi) is 8.54. The van der Waals surface area contributed by atoms with Crippen LogP contribution in [0.2, 0.25) is 5.02 Å². The van der Waals surface area contributed by atoms with Gasteiger partial charge in [0.1, 0.15) is 0 Å². The fourth-order valence-electron chi connectivity index (χ4n) is 4.06. The fourth-order valence-corrected chi connectivity index (χ4v) is 4.19. The number of rotatable bonds is 6. The van der Waals surface area contributed by atoms with Gasteiger partial charge in [0.15, 0.2) is 5.96 Å². The Hall–Kier alpha value is -2.32. The number of hydrogen-bond acceptors (Lipinski definition) is 4. The summed E-state index contributed by atoms with van der Waals surface area (Å²) in [6, 6.07) is 6.75. The van der Waals surface area contributed by atoms with E-state index in [9.17, 15) is 9.59 Å². The van der Waals surface area contributed by atoms with Gasteiger partial charge in [-0.1, -0.05) is 11.6 Å². The molecule has 2 aliphatic rings. The molecule has 2 aliphatic heterocycles. The highest BCUT2D eigenvalue weighted by molar-refractivity contribution is 6.30. The molecule has 9 heteroatoms. The molecule has 2 fully saturated rings. The highest BCUT2D eigenvalue weighted by Crippen LogP contribution is 2.14. The summed E-state index contributed by atoms with van der Waals surface area (Å²) in [4.78, 5) is 35.7. The number of guanidine groups is 1. The van der Waals surface area contributed by atoms with Crippen LogP contribution in [0.25, 0.3) is 0 Å². The Morgan fingerprint density at radius 1 is 0.968 bits per heavy atom. The Morgan fingerprint density at radius 3 is 2.19 bits per heavy atom. The number of aliphatic imine (C=N–C) groups is 1. The van der Waals surface area contributed by atoms with E-state index in [1.807, 2.05) is 11.8 Å². The second kappa shape index (κ2) is 11.3. The predicted octanol–water partition coefficient (Wildman–Crippen LogP) is 1.27. The number of nitrogens with one attached hydrogen (secondary N) is 2. The van der Waals surface area contributed by atoms with Crippen molar-refractivity contribution < 1.29 is 9.59 Å². The van der Waals surface area contributed by atoms with E-state index >= 15 is 0 Å². The number of halogens is 1.